The Kier molecular flexibility index (Phi) is 4.88. The van der Waals surface area contributed by atoms with Crippen molar-refractivity contribution in [2.75, 3.05) is 6.54 Å². The number of hydrogen-bond donors (Lipinski definition) is 2. The van der Waals surface area contributed by atoms with Gasteiger partial charge in [0.25, 0.3) is 0 Å². The molecule has 1 heterocycles. The van der Waals surface area contributed by atoms with E-state index in [9.17, 15) is 5.11 Å². The number of furan rings is 1. The molecule has 1 aromatic carbocycles. The van der Waals surface area contributed by atoms with E-state index in [1.54, 1.807) is 24.3 Å². The molecule has 0 aliphatic heterocycles. The Hall–Kier alpha value is -1.000. The third kappa shape index (κ3) is 3.74. The maximum Gasteiger partial charge on any atom is 0.133 e. The van der Waals surface area contributed by atoms with Crippen LogP contribution in [0.2, 0.25) is 10.0 Å². The quantitative estimate of drug-likeness (QED) is 0.878. The van der Waals surface area contributed by atoms with Gasteiger partial charge in [-0.3, -0.25) is 0 Å². The fourth-order valence-electron chi connectivity index (χ4n) is 1.83. The molecule has 102 valence electrons. The number of aliphatic hydroxyl groups excluding tert-OH is 1. The molecular weight excluding hydrogens is 285 g/mol. The van der Waals surface area contributed by atoms with Gasteiger partial charge < -0.3 is 14.8 Å². The van der Waals surface area contributed by atoms with Crippen LogP contribution in [0.4, 0.5) is 0 Å². The molecule has 2 rings (SSSR count). The van der Waals surface area contributed by atoms with Crippen LogP contribution in [0, 0.1) is 0 Å². The second-order valence-electron chi connectivity index (χ2n) is 4.33. The van der Waals surface area contributed by atoms with Gasteiger partial charge in [0.1, 0.15) is 11.9 Å². The number of benzene rings is 1. The second kappa shape index (κ2) is 6.44. The predicted molar refractivity (Wildman–Crippen MR) is 76.5 cm³/mol. The average molecular weight is 300 g/mol. The Morgan fingerprint density at radius 2 is 2.11 bits per heavy atom. The lowest BCUT2D eigenvalue weighted by molar-refractivity contribution is 0.144. The van der Waals surface area contributed by atoms with Gasteiger partial charge in [-0.05, 0) is 36.8 Å². The van der Waals surface area contributed by atoms with Crippen molar-refractivity contribution < 1.29 is 9.52 Å². The van der Waals surface area contributed by atoms with E-state index in [0.29, 0.717) is 22.4 Å². The van der Waals surface area contributed by atoms with Crippen molar-refractivity contribution in [3.05, 3.63) is 58.0 Å². The molecular formula is C14H15Cl2NO2. The van der Waals surface area contributed by atoms with Crippen LogP contribution in [0.5, 0.6) is 0 Å². The van der Waals surface area contributed by atoms with Crippen molar-refractivity contribution >= 4 is 23.2 Å². The Balaban J connectivity index is 1.96. The first-order chi connectivity index (χ1) is 9.08. The molecule has 2 N–H and O–H groups in total. The highest BCUT2D eigenvalue weighted by Crippen LogP contribution is 2.26. The summed E-state index contributed by atoms with van der Waals surface area (Å²) in [6.07, 6.45) is 0.862. The first-order valence-electron chi connectivity index (χ1n) is 5.97. The summed E-state index contributed by atoms with van der Waals surface area (Å²) in [6.45, 7) is 2.36. The summed E-state index contributed by atoms with van der Waals surface area (Å²) in [5.41, 5.74) is 0.942. The van der Waals surface area contributed by atoms with Gasteiger partial charge >= 0.3 is 0 Å². The van der Waals surface area contributed by atoms with Gasteiger partial charge in [-0.2, -0.15) is 0 Å². The zero-order valence-electron chi connectivity index (χ0n) is 10.4. The zero-order chi connectivity index (χ0) is 13.8. The minimum Gasteiger partial charge on any atom is -0.467 e. The fourth-order valence-corrected chi connectivity index (χ4v) is 2.40. The lowest BCUT2D eigenvalue weighted by atomic mass is 10.1. The summed E-state index contributed by atoms with van der Waals surface area (Å²) in [7, 11) is 0. The second-order valence-corrected chi connectivity index (χ2v) is 5.17. The molecule has 19 heavy (non-hydrogen) atoms. The monoisotopic (exact) mass is 299 g/mol. The highest BCUT2D eigenvalue weighted by molar-refractivity contribution is 6.35. The van der Waals surface area contributed by atoms with Gasteiger partial charge in [-0.25, -0.2) is 0 Å². The molecule has 3 nitrogen and oxygen atoms in total. The summed E-state index contributed by atoms with van der Waals surface area (Å²) in [5, 5.41) is 14.3. The van der Waals surface area contributed by atoms with Crippen LogP contribution < -0.4 is 5.32 Å². The van der Waals surface area contributed by atoms with Gasteiger partial charge in [0.15, 0.2) is 0 Å². The number of aliphatic hydroxyl groups is 1. The average Bonchev–Trinajstić information content (AvgIpc) is 2.89. The lowest BCUT2D eigenvalue weighted by Crippen LogP contribution is -2.24. The number of nitrogens with one attached hydrogen (secondary N) is 1. The summed E-state index contributed by atoms with van der Waals surface area (Å²) in [5.74, 6) is 0.543. The summed E-state index contributed by atoms with van der Waals surface area (Å²) < 4.78 is 5.14. The third-order valence-corrected chi connectivity index (χ3v) is 3.48. The topological polar surface area (TPSA) is 45.4 Å². The molecule has 0 saturated heterocycles. The van der Waals surface area contributed by atoms with E-state index >= 15 is 0 Å². The van der Waals surface area contributed by atoms with Crippen LogP contribution in [0.25, 0.3) is 0 Å². The first-order valence-corrected chi connectivity index (χ1v) is 6.73. The molecule has 0 fully saturated rings. The van der Waals surface area contributed by atoms with Crippen LogP contribution in [0.3, 0.4) is 0 Å². The van der Waals surface area contributed by atoms with E-state index in [1.807, 2.05) is 13.0 Å². The summed E-state index contributed by atoms with van der Waals surface area (Å²) in [6, 6.07) is 8.88. The molecule has 0 aliphatic rings. The van der Waals surface area contributed by atoms with Crippen LogP contribution in [0.1, 0.15) is 30.4 Å². The summed E-state index contributed by atoms with van der Waals surface area (Å²) >= 11 is 12.0. The van der Waals surface area contributed by atoms with Crippen LogP contribution >= 0.6 is 23.2 Å². The largest absolute Gasteiger partial charge is 0.467 e. The van der Waals surface area contributed by atoms with Gasteiger partial charge in [0.05, 0.1) is 6.26 Å². The van der Waals surface area contributed by atoms with Crippen LogP contribution in [0.15, 0.2) is 41.0 Å². The Morgan fingerprint density at radius 3 is 2.74 bits per heavy atom. The molecule has 2 unspecified atom stereocenters. The Bertz CT molecular complexity index is 528. The van der Waals surface area contributed by atoms with E-state index in [-0.39, 0.29) is 6.04 Å². The standard InChI is InChI=1S/C14H15Cl2NO2/c1-9(11-5-4-10(15)7-12(11)16)17-8-13(18)14-3-2-6-19-14/h2-7,9,13,17-18H,8H2,1H3. The number of halogens is 2. The van der Waals surface area contributed by atoms with E-state index in [0.717, 1.165) is 5.56 Å². The lowest BCUT2D eigenvalue weighted by Gasteiger charge is -2.17. The van der Waals surface area contributed by atoms with Crippen LogP contribution in [-0.2, 0) is 0 Å². The predicted octanol–water partition coefficient (Wildman–Crippen LogP) is 3.97. The molecule has 0 saturated carbocycles. The molecule has 2 aromatic rings. The van der Waals surface area contributed by atoms with Gasteiger partial charge in [0, 0.05) is 22.6 Å². The molecule has 5 heteroatoms. The van der Waals surface area contributed by atoms with Crippen molar-refractivity contribution in [2.45, 2.75) is 19.1 Å². The van der Waals surface area contributed by atoms with Crippen molar-refractivity contribution in [2.24, 2.45) is 0 Å². The van der Waals surface area contributed by atoms with Crippen molar-refractivity contribution in [3.63, 3.8) is 0 Å². The van der Waals surface area contributed by atoms with Crippen molar-refractivity contribution in [1.29, 1.82) is 0 Å². The number of rotatable bonds is 5. The van der Waals surface area contributed by atoms with E-state index in [1.165, 1.54) is 6.26 Å². The van der Waals surface area contributed by atoms with E-state index < -0.39 is 6.10 Å². The normalized spacial score (nSPS) is 14.3. The Labute approximate surface area is 122 Å². The molecule has 1 aromatic heterocycles. The molecule has 0 bridgehead atoms. The minimum absolute atomic E-state index is 0.00868. The smallest absolute Gasteiger partial charge is 0.133 e. The molecule has 0 radical (unpaired) electrons. The minimum atomic E-state index is -0.677. The molecule has 0 aliphatic carbocycles. The number of hydrogen-bond acceptors (Lipinski definition) is 3. The third-order valence-electron chi connectivity index (χ3n) is 2.92. The van der Waals surface area contributed by atoms with Gasteiger partial charge in [0.2, 0.25) is 0 Å². The van der Waals surface area contributed by atoms with Crippen molar-refractivity contribution in [1.82, 2.24) is 5.32 Å². The van der Waals surface area contributed by atoms with Crippen molar-refractivity contribution in [3.8, 4) is 0 Å². The molecule has 0 spiro atoms. The molecule has 0 amide bonds. The zero-order valence-corrected chi connectivity index (χ0v) is 11.9. The van der Waals surface area contributed by atoms with E-state index in [4.69, 9.17) is 27.6 Å². The molecule has 2 atom stereocenters. The fraction of sp³-hybridized carbons (Fsp3) is 0.286. The SMILES string of the molecule is CC(NCC(O)c1ccco1)c1ccc(Cl)cc1Cl. The maximum absolute atomic E-state index is 9.91. The highest BCUT2D eigenvalue weighted by Gasteiger charge is 2.14. The first kappa shape index (κ1) is 14.4. The Morgan fingerprint density at radius 1 is 1.32 bits per heavy atom. The summed E-state index contributed by atoms with van der Waals surface area (Å²) in [4.78, 5) is 0. The van der Waals surface area contributed by atoms with Gasteiger partial charge in [-0.15, -0.1) is 0 Å². The maximum atomic E-state index is 9.91. The van der Waals surface area contributed by atoms with E-state index in [2.05, 4.69) is 5.32 Å². The highest BCUT2D eigenvalue weighted by atomic mass is 35.5. The van der Waals surface area contributed by atoms with Crippen LogP contribution in [-0.4, -0.2) is 11.7 Å². The van der Waals surface area contributed by atoms with Gasteiger partial charge in [-0.1, -0.05) is 29.3 Å².